The van der Waals surface area contributed by atoms with Crippen molar-refractivity contribution in [2.45, 2.75) is 39.5 Å². The van der Waals surface area contributed by atoms with Crippen LogP contribution < -0.4 is 9.80 Å². The van der Waals surface area contributed by atoms with Gasteiger partial charge in [-0.3, -0.25) is 0 Å². The minimum absolute atomic E-state index is 0.365. The molecule has 0 unspecified atom stereocenters. The van der Waals surface area contributed by atoms with Crippen molar-refractivity contribution in [2.75, 3.05) is 9.80 Å². The number of benzene rings is 9. The molecule has 0 aliphatic carbocycles. The molecular formula is C62H43N5O2. The summed E-state index contributed by atoms with van der Waals surface area (Å²) in [7, 11) is 0. The van der Waals surface area contributed by atoms with Gasteiger partial charge in [0.1, 0.15) is 22.2 Å². The number of para-hydroxylation sites is 3. The normalized spacial score (nSPS) is 12.0. The fourth-order valence-corrected chi connectivity index (χ4v) is 10.7. The SMILES string of the molecule is CC(C)c1ccc(N(c2ccc(C#N)cc2)c2cc3c4ccccc4oc3c3c2c2cccc4c5c(N(c6ccc(C#N)cc6)c6ccc(C(C)C)cc6)cc6c7ccccc7oc6c5n3c24)cc1. The molecule has 4 aromatic heterocycles. The van der Waals surface area contributed by atoms with Crippen molar-refractivity contribution in [3.05, 3.63) is 198 Å². The van der Waals surface area contributed by atoms with E-state index < -0.39 is 0 Å². The van der Waals surface area contributed by atoms with Crippen molar-refractivity contribution in [3.63, 3.8) is 0 Å². The second-order valence-electron chi connectivity index (χ2n) is 18.7. The van der Waals surface area contributed by atoms with Crippen molar-refractivity contribution in [2.24, 2.45) is 0 Å². The first-order chi connectivity index (χ1) is 33.8. The average molecular weight is 890 g/mol. The molecule has 7 heteroatoms. The third-order valence-electron chi connectivity index (χ3n) is 14.1. The summed E-state index contributed by atoms with van der Waals surface area (Å²) in [5.74, 6) is 0.730. The summed E-state index contributed by atoms with van der Waals surface area (Å²) >= 11 is 0. The molecule has 0 atom stereocenters. The molecule has 328 valence electrons. The molecule has 0 spiro atoms. The minimum atomic E-state index is 0.365. The number of nitrogens with zero attached hydrogens (tertiary/aromatic N) is 5. The molecule has 0 aliphatic rings. The third-order valence-corrected chi connectivity index (χ3v) is 14.1. The zero-order chi connectivity index (χ0) is 46.7. The Morgan fingerprint density at radius 3 is 1.14 bits per heavy atom. The van der Waals surface area contributed by atoms with E-state index in [9.17, 15) is 10.5 Å². The van der Waals surface area contributed by atoms with Gasteiger partial charge in [0, 0.05) is 65.8 Å². The Kier molecular flexibility index (Phi) is 8.90. The van der Waals surface area contributed by atoms with Crippen LogP contribution in [-0.4, -0.2) is 4.40 Å². The molecule has 0 bridgehead atoms. The first-order valence-electron chi connectivity index (χ1n) is 23.5. The molecule has 7 nitrogen and oxygen atoms in total. The predicted molar refractivity (Wildman–Crippen MR) is 283 cm³/mol. The number of nitriles is 2. The standard InChI is InChI=1S/C62H43N5O2/c1-36(2)40-20-28-44(29-21-40)65(42-24-16-38(34-63)17-25-42)52-32-50-46-10-5-7-14-54(46)68-61(50)59-56(52)48-12-9-13-49-57-53(33-51-47-11-6-8-15-55(47)69-62(51)60(57)67(59)58(48)49)66(43-26-18-39(35-64)19-27-43)45-30-22-41(23-31-45)37(3)4/h5-33,36-37H,1-4H3. The fraction of sp³-hybridized carbons (Fsp3) is 0.0968. The van der Waals surface area contributed by atoms with Crippen LogP contribution in [0.25, 0.3) is 82.0 Å². The van der Waals surface area contributed by atoms with Gasteiger partial charge in [0.15, 0.2) is 11.2 Å². The number of aromatic nitrogens is 1. The van der Waals surface area contributed by atoms with Crippen LogP contribution in [-0.2, 0) is 0 Å². The van der Waals surface area contributed by atoms with Crippen LogP contribution in [0.5, 0.6) is 0 Å². The predicted octanol–water partition coefficient (Wildman–Crippen LogP) is 17.6. The van der Waals surface area contributed by atoms with Gasteiger partial charge in [0.2, 0.25) is 0 Å². The van der Waals surface area contributed by atoms with Crippen LogP contribution in [0.3, 0.4) is 0 Å². The molecular weight excluding hydrogens is 847 g/mol. The van der Waals surface area contributed by atoms with Crippen molar-refractivity contribution in [1.29, 1.82) is 10.5 Å². The smallest absolute Gasteiger partial charge is 0.160 e. The number of anilines is 6. The van der Waals surface area contributed by atoms with E-state index in [2.05, 4.69) is 157 Å². The first kappa shape index (κ1) is 40.3. The molecule has 4 heterocycles. The zero-order valence-electron chi connectivity index (χ0n) is 38.5. The Bertz CT molecular complexity index is 3980. The molecule has 0 N–H and O–H groups in total. The molecule has 0 saturated heterocycles. The maximum Gasteiger partial charge on any atom is 0.160 e. The van der Waals surface area contributed by atoms with Gasteiger partial charge in [-0.2, -0.15) is 10.5 Å². The monoisotopic (exact) mass is 889 g/mol. The maximum absolute atomic E-state index is 9.91. The molecule has 9 aromatic carbocycles. The maximum atomic E-state index is 9.91. The number of hydrogen-bond acceptors (Lipinski definition) is 6. The van der Waals surface area contributed by atoms with Gasteiger partial charge in [-0.05, 0) is 120 Å². The molecule has 0 amide bonds. The van der Waals surface area contributed by atoms with E-state index in [0.29, 0.717) is 23.0 Å². The lowest BCUT2D eigenvalue weighted by Crippen LogP contribution is -2.11. The van der Waals surface area contributed by atoms with E-state index in [1.807, 2.05) is 72.8 Å². The lowest BCUT2D eigenvalue weighted by Gasteiger charge is -2.27. The van der Waals surface area contributed by atoms with E-state index in [4.69, 9.17) is 8.83 Å². The lowest BCUT2D eigenvalue weighted by atomic mass is 9.99. The second-order valence-corrected chi connectivity index (χ2v) is 18.7. The van der Waals surface area contributed by atoms with E-state index >= 15 is 0 Å². The summed E-state index contributed by atoms with van der Waals surface area (Å²) in [6.07, 6.45) is 0. The van der Waals surface area contributed by atoms with Crippen LogP contribution in [0.1, 0.15) is 61.8 Å². The summed E-state index contributed by atoms with van der Waals surface area (Å²) in [6, 6.07) is 65.9. The number of hydrogen-bond donors (Lipinski definition) is 0. The number of furan rings is 2. The van der Waals surface area contributed by atoms with Gasteiger partial charge in [-0.15, -0.1) is 0 Å². The Hall–Kier alpha value is -9.04. The van der Waals surface area contributed by atoms with Gasteiger partial charge >= 0.3 is 0 Å². The van der Waals surface area contributed by atoms with Crippen molar-refractivity contribution in [1.82, 2.24) is 4.40 Å². The van der Waals surface area contributed by atoms with Crippen molar-refractivity contribution < 1.29 is 8.83 Å². The Balaban J connectivity index is 1.23. The van der Waals surface area contributed by atoms with Crippen LogP contribution in [0.15, 0.2) is 185 Å². The summed E-state index contributed by atoms with van der Waals surface area (Å²) in [6.45, 7) is 8.87. The Morgan fingerprint density at radius 1 is 0.406 bits per heavy atom. The molecule has 0 aliphatic heterocycles. The van der Waals surface area contributed by atoms with Gasteiger partial charge in [0.05, 0.1) is 40.2 Å². The quantitative estimate of drug-likeness (QED) is 0.151. The highest BCUT2D eigenvalue weighted by atomic mass is 16.3. The zero-order valence-corrected chi connectivity index (χ0v) is 38.5. The Labute approximate surface area is 397 Å². The minimum Gasteiger partial charge on any atom is -0.454 e. The summed E-state index contributed by atoms with van der Waals surface area (Å²) in [5, 5.41) is 28.0. The average Bonchev–Trinajstić information content (AvgIpc) is 4.15. The molecule has 69 heavy (non-hydrogen) atoms. The molecule has 0 saturated carbocycles. The van der Waals surface area contributed by atoms with E-state index in [0.717, 1.165) is 116 Å². The highest BCUT2D eigenvalue weighted by Gasteiger charge is 2.31. The summed E-state index contributed by atoms with van der Waals surface area (Å²) in [4.78, 5) is 4.66. The summed E-state index contributed by atoms with van der Waals surface area (Å²) in [5.41, 5.74) is 15.6. The highest BCUT2D eigenvalue weighted by molar-refractivity contribution is 6.36. The Morgan fingerprint density at radius 2 is 0.768 bits per heavy atom. The first-order valence-corrected chi connectivity index (χ1v) is 23.5. The van der Waals surface area contributed by atoms with E-state index in [-0.39, 0.29) is 0 Å². The highest BCUT2D eigenvalue weighted by Crippen LogP contribution is 2.54. The van der Waals surface area contributed by atoms with Gasteiger partial charge < -0.3 is 23.0 Å². The largest absolute Gasteiger partial charge is 0.454 e. The van der Waals surface area contributed by atoms with Crippen LogP contribution in [0.4, 0.5) is 34.1 Å². The van der Waals surface area contributed by atoms with Crippen LogP contribution >= 0.6 is 0 Å². The second kappa shape index (κ2) is 15.3. The summed E-state index contributed by atoms with van der Waals surface area (Å²) < 4.78 is 16.6. The van der Waals surface area contributed by atoms with Crippen molar-refractivity contribution >= 4 is 116 Å². The fourth-order valence-electron chi connectivity index (χ4n) is 10.7. The van der Waals surface area contributed by atoms with Gasteiger partial charge in [-0.1, -0.05) is 107 Å². The third kappa shape index (κ3) is 5.97. The van der Waals surface area contributed by atoms with Crippen LogP contribution in [0.2, 0.25) is 0 Å². The molecule has 13 rings (SSSR count). The van der Waals surface area contributed by atoms with Crippen LogP contribution in [0, 0.1) is 22.7 Å². The molecule has 13 aromatic rings. The molecule has 0 fully saturated rings. The van der Waals surface area contributed by atoms with Crippen molar-refractivity contribution in [3.8, 4) is 12.1 Å². The number of rotatable bonds is 8. The topological polar surface area (TPSA) is 84.8 Å². The van der Waals surface area contributed by atoms with E-state index in [1.54, 1.807) is 0 Å². The lowest BCUT2D eigenvalue weighted by molar-refractivity contribution is 0.670. The number of fused-ring (bicyclic) bond motifs is 14. The molecule has 0 radical (unpaired) electrons. The van der Waals surface area contributed by atoms with Gasteiger partial charge in [-0.25, -0.2) is 0 Å². The van der Waals surface area contributed by atoms with Gasteiger partial charge in [0.25, 0.3) is 0 Å². The van der Waals surface area contributed by atoms with E-state index in [1.165, 1.54) is 11.1 Å².